The Labute approximate surface area is 167 Å². The smallest absolute Gasteiger partial charge is 0.496 e. The first kappa shape index (κ1) is 20.3. The van der Waals surface area contributed by atoms with Crippen LogP contribution in [0.4, 0.5) is 0 Å². The molecule has 3 nitrogen and oxygen atoms in total. The maximum absolute atomic E-state index is 12.8. The predicted octanol–water partition coefficient (Wildman–Crippen LogP) is 1.52. The Morgan fingerprint density at radius 2 is 1.27 bits per heavy atom. The zero-order valence-corrected chi connectivity index (χ0v) is 16.2. The van der Waals surface area contributed by atoms with Crippen molar-refractivity contribution in [2.24, 2.45) is 0 Å². The molecule has 0 bridgehead atoms. The SMILES string of the molecule is COc1cccc(OC)c1C(=O)Pc1ccc(-c2ccccc2)cc1.[Li+]. The maximum Gasteiger partial charge on any atom is 1.00 e. The fourth-order valence-electron chi connectivity index (χ4n) is 2.65. The first-order valence-electron chi connectivity index (χ1n) is 7.90. The van der Waals surface area contributed by atoms with Gasteiger partial charge in [0, 0.05) is 0 Å². The van der Waals surface area contributed by atoms with Crippen molar-refractivity contribution in [2.75, 3.05) is 14.2 Å². The van der Waals surface area contributed by atoms with Gasteiger partial charge in [0.05, 0.1) is 14.2 Å². The first-order valence-corrected chi connectivity index (χ1v) is 8.90. The second kappa shape index (κ2) is 9.60. The van der Waals surface area contributed by atoms with Gasteiger partial charge in [0.25, 0.3) is 0 Å². The third kappa shape index (κ3) is 4.57. The van der Waals surface area contributed by atoms with Gasteiger partial charge in [-0.15, -0.1) is 0 Å². The zero-order chi connectivity index (χ0) is 17.6. The van der Waals surface area contributed by atoms with Gasteiger partial charge in [0.15, 0.2) is 5.52 Å². The van der Waals surface area contributed by atoms with Crippen LogP contribution in [0.3, 0.4) is 0 Å². The summed E-state index contributed by atoms with van der Waals surface area (Å²) in [6.45, 7) is 0. The van der Waals surface area contributed by atoms with Crippen molar-refractivity contribution in [1.82, 2.24) is 0 Å². The van der Waals surface area contributed by atoms with Gasteiger partial charge in [0.1, 0.15) is 17.1 Å². The third-order valence-corrected chi connectivity index (χ3v) is 5.00. The minimum atomic E-state index is 0. The van der Waals surface area contributed by atoms with Gasteiger partial charge in [-0.2, -0.15) is 0 Å². The zero-order valence-electron chi connectivity index (χ0n) is 15.2. The molecule has 0 fully saturated rings. The van der Waals surface area contributed by atoms with Crippen molar-refractivity contribution in [3.63, 3.8) is 0 Å². The average molecular weight is 357 g/mol. The molecule has 0 N–H and O–H groups in total. The van der Waals surface area contributed by atoms with E-state index < -0.39 is 0 Å². The van der Waals surface area contributed by atoms with Crippen LogP contribution in [0.15, 0.2) is 72.8 Å². The van der Waals surface area contributed by atoms with E-state index in [-0.39, 0.29) is 33.0 Å². The molecule has 126 valence electrons. The van der Waals surface area contributed by atoms with Crippen LogP contribution in [0.1, 0.15) is 10.4 Å². The van der Waals surface area contributed by atoms with E-state index in [1.165, 1.54) is 0 Å². The largest absolute Gasteiger partial charge is 1.00 e. The second-order valence-corrected chi connectivity index (χ2v) is 6.72. The quantitative estimate of drug-likeness (QED) is 0.496. The molecule has 3 aromatic carbocycles. The van der Waals surface area contributed by atoms with Gasteiger partial charge in [0.2, 0.25) is 0 Å². The Hall–Kier alpha value is -2.04. The van der Waals surface area contributed by atoms with E-state index in [2.05, 4.69) is 12.1 Å². The summed E-state index contributed by atoms with van der Waals surface area (Å²) >= 11 is 0. The Morgan fingerprint density at radius 1 is 0.731 bits per heavy atom. The van der Waals surface area contributed by atoms with E-state index in [0.717, 1.165) is 16.4 Å². The van der Waals surface area contributed by atoms with Crippen molar-refractivity contribution in [3.8, 4) is 22.6 Å². The Morgan fingerprint density at radius 3 is 1.81 bits per heavy atom. The summed E-state index contributed by atoms with van der Waals surface area (Å²) in [6.07, 6.45) is 0. The van der Waals surface area contributed by atoms with Crippen molar-refractivity contribution in [2.45, 2.75) is 0 Å². The standard InChI is InChI=1S/C21H19O3P.Li/c1-23-18-9-6-10-19(24-2)20(18)21(22)25-17-13-11-16(12-14-17)15-7-4-3-5-8-15;/h3-14,25H,1-2H3;/q;+1. The van der Waals surface area contributed by atoms with Crippen molar-refractivity contribution in [1.29, 1.82) is 0 Å². The van der Waals surface area contributed by atoms with Gasteiger partial charge in [-0.3, -0.25) is 4.79 Å². The topological polar surface area (TPSA) is 35.5 Å². The number of ether oxygens (including phenoxy) is 2. The number of hydrogen-bond acceptors (Lipinski definition) is 3. The Bertz CT molecular complexity index is 842. The van der Waals surface area contributed by atoms with Crippen LogP contribution >= 0.6 is 8.58 Å². The monoisotopic (exact) mass is 357 g/mol. The van der Waals surface area contributed by atoms with Gasteiger partial charge in [-0.25, -0.2) is 0 Å². The summed E-state index contributed by atoms with van der Waals surface area (Å²) in [5.74, 6) is 1.08. The third-order valence-electron chi connectivity index (χ3n) is 3.90. The van der Waals surface area contributed by atoms with E-state index in [0.29, 0.717) is 17.1 Å². The summed E-state index contributed by atoms with van der Waals surface area (Å²) in [7, 11) is 3.13. The minimum Gasteiger partial charge on any atom is -0.496 e. The molecule has 26 heavy (non-hydrogen) atoms. The molecule has 0 amide bonds. The van der Waals surface area contributed by atoms with Crippen molar-refractivity contribution < 1.29 is 33.1 Å². The molecule has 0 saturated carbocycles. The van der Waals surface area contributed by atoms with E-state index in [9.17, 15) is 4.79 Å². The molecule has 0 spiro atoms. The van der Waals surface area contributed by atoms with E-state index in [4.69, 9.17) is 9.47 Å². The molecule has 3 rings (SSSR count). The van der Waals surface area contributed by atoms with Crippen molar-refractivity contribution >= 4 is 19.4 Å². The maximum atomic E-state index is 12.8. The molecule has 0 saturated heterocycles. The van der Waals surface area contributed by atoms with Gasteiger partial charge >= 0.3 is 18.9 Å². The molecule has 1 atom stereocenters. The molecular weight excluding hydrogens is 338 g/mol. The fraction of sp³-hybridized carbons (Fsp3) is 0.0952. The van der Waals surface area contributed by atoms with E-state index >= 15 is 0 Å². The molecule has 0 radical (unpaired) electrons. The van der Waals surface area contributed by atoms with Crippen molar-refractivity contribution in [3.05, 3.63) is 78.4 Å². The van der Waals surface area contributed by atoms with Crippen LogP contribution < -0.4 is 33.6 Å². The van der Waals surface area contributed by atoms with E-state index in [1.54, 1.807) is 26.4 Å². The molecule has 0 heterocycles. The molecule has 5 heteroatoms. The summed E-state index contributed by atoms with van der Waals surface area (Å²) in [5, 5.41) is 0.984. The summed E-state index contributed by atoms with van der Waals surface area (Å²) in [4.78, 5) is 12.8. The van der Waals surface area contributed by atoms with Gasteiger partial charge < -0.3 is 9.47 Å². The Kier molecular flexibility index (Phi) is 7.48. The molecule has 3 aromatic rings. The molecular formula is C21H19LiO3P+. The number of carbonyl (C=O) groups is 1. The van der Waals surface area contributed by atoms with Crippen LogP contribution in [0, 0.1) is 0 Å². The van der Waals surface area contributed by atoms with Crippen LogP contribution in [0.25, 0.3) is 11.1 Å². The number of rotatable bonds is 6. The van der Waals surface area contributed by atoms with Gasteiger partial charge in [-0.05, 0) is 37.1 Å². The summed E-state index contributed by atoms with van der Waals surface area (Å²) < 4.78 is 10.7. The molecule has 0 aliphatic heterocycles. The molecule has 0 aliphatic carbocycles. The summed E-state index contributed by atoms with van der Waals surface area (Å²) in [5.41, 5.74) is 2.80. The Balaban J connectivity index is 0.00000243. The molecule has 0 aromatic heterocycles. The van der Waals surface area contributed by atoms with Crippen LogP contribution in [-0.2, 0) is 0 Å². The summed E-state index contributed by atoms with van der Waals surface area (Å²) in [6, 6.07) is 23.6. The predicted molar refractivity (Wildman–Crippen MR) is 104 cm³/mol. The second-order valence-electron chi connectivity index (χ2n) is 5.44. The normalized spacial score (nSPS) is 10.4. The van der Waals surface area contributed by atoms with Crippen LogP contribution in [-0.4, -0.2) is 19.7 Å². The number of carbonyl (C=O) groups excluding carboxylic acids is 1. The number of hydrogen-bond donors (Lipinski definition) is 0. The number of benzene rings is 3. The van der Waals surface area contributed by atoms with E-state index in [1.807, 2.05) is 48.5 Å². The van der Waals surface area contributed by atoms with Crippen LogP contribution in [0.2, 0.25) is 0 Å². The molecule has 1 unspecified atom stereocenters. The number of methoxy groups -OCH3 is 2. The molecule has 0 aliphatic rings. The fourth-order valence-corrected chi connectivity index (χ4v) is 3.61. The van der Waals surface area contributed by atoms with Crippen LogP contribution in [0.5, 0.6) is 11.5 Å². The first-order chi connectivity index (χ1) is 12.2. The minimum absolute atomic E-state index is 0. The van der Waals surface area contributed by atoms with Gasteiger partial charge in [-0.1, -0.05) is 60.7 Å². The average Bonchev–Trinajstić information content (AvgIpc) is 2.68.